The van der Waals surface area contributed by atoms with Gasteiger partial charge in [-0.3, -0.25) is 10.1 Å². The van der Waals surface area contributed by atoms with Crippen LogP contribution in [0.5, 0.6) is 0 Å². The minimum absolute atomic E-state index is 0.119. The van der Waals surface area contributed by atoms with Gasteiger partial charge in [0.2, 0.25) is 11.9 Å². The van der Waals surface area contributed by atoms with E-state index in [2.05, 4.69) is 10.3 Å². The Morgan fingerprint density at radius 3 is 2.19 bits per heavy atom. The molecule has 1 atom stereocenters. The molecular weight excluding hydrogens is 341 g/mol. The molecule has 1 fully saturated rings. The van der Waals surface area contributed by atoms with E-state index in [-0.39, 0.29) is 24.2 Å². The van der Waals surface area contributed by atoms with Crippen molar-refractivity contribution in [1.29, 1.82) is 0 Å². The first-order valence-electron chi connectivity index (χ1n) is 8.74. The van der Waals surface area contributed by atoms with Crippen LogP contribution >= 0.6 is 0 Å². The Kier molecular flexibility index (Phi) is 4.66. The Labute approximate surface area is 157 Å². The SMILES string of the molecule is O=C1C[C@H](c2ccc(F)cc2)N(c2ccccc2)C(=Nc2ccccc2)N1. The van der Waals surface area contributed by atoms with Gasteiger partial charge in [-0.2, -0.15) is 0 Å². The van der Waals surface area contributed by atoms with Crippen LogP contribution in [0.2, 0.25) is 0 Å². The smallest absolute Gasteiger partial charge is 0.229 e. The summed E-state index contributed by atoms with van der Waals surface area (Å²) in [5, 5.41) is 2.89. The van der Waals surface area contributed by atoms with E-state index in [1.165, 1.54) is 12.1 Å². The summed E-state index contributed by atoms with van der Waals surface area (Å²) < 4.78 is 13.4. The zero-order chi connectivity index (χ0) is 18.6. The van der Waals surface area contributed by atoms with Gasteiger partial charge in [0.25, 0.3) is 0 Å². The first kappa shape index (κ1) is 17.0. The quantitative estimate of drug-likeness (QED) is 0.744. The Morgan fingerprint density at radius 1 is 0.889 bits per heavy atom. The lowest BCUT2D eigenvalue weighted by Crippen LogP contribution is -2.52. The fourth-order valence-corrected chi connectivity index (χ4v) is 3.20. The lowest BCUT2D eigenvalue weighted by Gasteiger charge is -2.38. The van der Waals surface area contributed by atoms with Gasteiger partial charge in [-0.25, -0.2) is 9.38 Å². The van der Waals surface area contributed by atoms with E-state index < -0.39 is 0 Å². The van der Waals surface area contributed by atoms with Gasteiger partial charge in [-0.1, -0.05) is 48.5 Å². The summed E-state index contributed by atoms with van der Waals surface area (Å²) in [6.07, 6.45) is 0.258. The lowest BCUT2D eigenvalue weighted by atomic mass is 9.99. The average molecular weight is 359 g/mol. The van der Waals surface area contributed by atoms with E-state index >= 15 is 0 Å². The van der Waals surface area contributed by atoms with Crippen molar-refractivity contribution in [2.45, 2.75) is 12.5 Å². The molecule has 134 valence electrons. The summed E-state index contributed by atoms with van der Waals surface area (Å²) in [5.74, 6) is 0.0348. The van der Waals surface area contributed by atoms with Crippen LogP contribution in [0.3, 0.4) is 0 Å². The molecule has 0 bridgehead atoms. The van der Waals surface area contributed by atoms with Crippen molar-refractivity contribution < 1.29 is 9.18 Å². The summed E-state index contributed by atoms with van der Waals surface area (Å²) in [7, 11) is 0. The molecule has 27 heavy (non-hydrogen) atoms. The fraction of sp³-hybridized carbons (Fsp3) is 0.0909. The number of guanidine groups is 1. The van der Waals surface area contributed by atoms with Gasteiger partial charge < -0.3 is 4.90 Å². The third-order valence-electron chi connectivity index (χ3n) is 4.45. The fourth-order valence-electron chi connectivity index (χ4n) is 3.20. The maximum Gasteiger partial charge on any atom is 0.229 e. The molecular formula is C22H18FN3O. The highest BCUT2D eigenvalue weighted by Gasteiger charge is 2.33. The molecule has 0 radical (unpaired) electrons. The molecule has 0 unspecified atom stereocenters. The van der Waals surface area contributed by atoms with Gasteiger partial charge in [0.15, 0.2) is 0 Å². The van der Waals surface area contributed by atoms with Crippen LogP contribution in [0.4, 0.5) is 15.8 Å². The van der Waals surface area contributed by atoms with E-state index in [0.29, 0.717) is 5.96 Å². The second-order valence-corrected chi connectivity index (χ2v) is 6.30. The van der Waals surface area contributed by atoms with Crippen LogP contribution in [0.1, 0.15) is 18.0 Å². The maximum atomic E-state index is 13.4. The van der Waals surface area contributed by atoms with Crippen LogP contribution in [0.15, 0.2) is 89.9 Å². The zero-order valence-corrected chi connectivity index (χ0v) is 14.5. The van der Waals surface area contributed by atoms with Crippen LogP contribution in [-0.2, 0) is 4.79 Å². The summed E-state index contributed by atoms with van der Waals surface area (Å²) >= 11 is 0. The second kappa shape index (κ2) is 7.41. The van der Waals surface area contributed by atoms with E-state index in [1.807, 2.05) is 65.6 Å². The number of nitrogens with zero attached hydrogens (tertiary/aromatic N) is 2. The molecule has 1 aliphatic rings. The van der Waals surface area contributed by atoms with Crippen LogP contribution in [-0.4, -0.2) is 11.9 Å². The highest BCUT2D eigenvalue weighted by atomic mass is 19.1. The predicted molar refractivity (Wildman–Crippen MR) is 104 cm³/mol. The number of benzene rings is 3. The van der Waals surface area contributed by atoms with Gasteiger partial charge in [0.1, 0.15) is 5.82 Å². The Bertz CT molecular complexity index is 956. The normalized spacial score (nSPS) is 18.4. The molecule has 5 heteroatoms. The molecule has 1 heterocycles. The summed E-state index contributed by atoms with van der Waals surface area (Å²) in [6.45, 7) is 0. The standard InChI is InChI=1S/C22H18FN3O/c23-17-13-11-16(12-14-17)20-15-21(27)25-22(24-18-7-3-1-4-8-18)26(20)19-9-5-2-6-10-19/h1-14,20H,15H2,(H,24,25,27)/t20-/m1/s1. The summed E-state index contributed by atoms with van der Waals surface area (Å²) in [6, 6.07) is 25.2. The van der Waals surface area contributed by atoms with Crippen molar-refractivity contribution in [3.63, 3.8) is 0 Å². The highest BCUT2D eigenvalue weighted by Crippen LogP contribution is 2.33. The number of nitrogens with one attached hydrogen (secondary N) is 1. The largest absolute Gasteiger partial charge is 0.304 e. The molecule has 1 amide bonds. The van der Waals surface area contributed by atoms with Crippen LogP contribution in [0, 0.1) is 5.82 Å². The third-order valence-corrected chi connectivity index (χ3v) is 4.45. The van der Waals surface area contributed by atoms with E-state index in [0.717, 1.165) is 16.9 Å². The molecule has 1 saturated heterocycles. The molecule has 0 aromatic heterocycles. The number of rotatable bonds is 3. The van der Waals surface area contributed by atoms with Gasteiger partial charge in [0, 0.05) is 5.69 Å². The van der Waals surface area contributed by atoms with Crippen molar-refractivity contribution in [2.24, 2.45) is 4.99 Å². The predicted octanol–water partition coefficient (Wildman–Crippen LogP) is 4.58. The number of para-hydroxylation sites is 2. The maximum absolute atomic E-state index is 13.4. The zero-order valence-electron chi connectivity index (χ0n) is 14.5. The van der Waals surface area contributed by atoms with E-state index in [1.54, 1.807) is 12.1 Å². The number of carbonyl (C=O) groups is 1. The molecule has 0 spiro atoms. The van der Waals surface area contributed by atoms with Gasteiger partial charge in [-0.05, 0) is 42.0 Å². The second-order valence-electron chi connectivity index (χ2n) is 6.30. The van der Waals surface area contributed by atoms with Crippen molar-refractivity contribution in [1.82, 2.24) is 5.32 Å². The van der Waals surface area contributed by atoms with Crippen molar-refractivity contribution in [3.05, 3.63) is 96.3 Å². The van der Waals surface area contributed by atoms with Gasteiger partial charge in [-0.15, -0.1) is 0 Å². The van der Waals surface area contributed by atoms with E-state index in [9.17, 15) is 9.18 Å². The number of amides is 1. The first-order chi connectivity index (χ1) is 13.2. The van der Waals surface area contributed by atoms with E-state index in [4.69, 9.17) is 0 Å². The monoisotopic (exact) mass is 359 g/mol. The number of halogens is 1. The van der Waals surface area contributed by atoms with Crippen molar-refractivity contribution >= 4 is 23.2 Å². The molecule has 0 saturated carbocycles. The van der Waals surface area contributed by atoms with Crippen LogP contribution in [0.25, 0.3) is 0 Å². The number of carbonyl (C=O) groups excluding carboxylic acids is 1. The van der Waals surface area contributed by atoms with Gasteiger partial charge in [0.05, 0.1) is 18.2 Å². The Morgan fingerprint density at radius 2 is 1.52 bits per heavy atom. The molecule has 4 rings (SSSR count). The molecule has 1 N–H and O–H groups in total. The topological polar surface area (TPSA) is 44.7 Å². The molecule has 3 aromatic carbocycles. The third kappa shape index (κ3) is 3.72. The minimum Gasteiger partial charge on any atom is -0.304 e. The number of anilines is 1. The van der Waals surface area contributed by atoms with Gasteiger partial charge >= 0.3 is 0 Å². The highest BCUT2D eigenvalue weighted by molar-refractivity contribution is 6.10. The Balaban J connectivity index is 1.82. The van der Waals surface area contributed by atoms with Crippen molar-refractivity contribution in [3.8, 4) is 0 Å². The summed E-state index contributed by atoms with van der Waals surface area (Å²) in [5.41, 5.74) is 2.51. The molecule has 1 aliphatic heterocycles. The Hall–Kier alpha value is -3.47. The molecule has 4 nitrogen and oxygen atoms in total. The number of aliphatic imine (C=N–C) groups is 1. The number of hydrogen-bond donors (Lipinski definition) is 1. The first-order valence-corrected chi connectivity index (χ1v) is 8.74. The van der Waals surface area contributed by atoms with Crippen LogP contribution < -0.4 is 10.2 Å². The molecule has 0 aliphatic carbocycles. The average Bonchev–Trinajstić information content (AvgIpc) is 2.69. The summed E-state index contributed by atoms with van der Waals surface area (Å²) in [4.78, 5) is 19.0. The molecule has 3 aromatic rings. The number of hydrogen-bond acceptors (Lipinski definition) is 2. The van der Waals surface area contributed by atoms with Crippen molar-refractivity contribution in [2.75, 3.05) is 4.90 Å². The lowest BCUT2D eigenvalue weighted by molar-refractivity contribution is -0.120. The minimum atomic E-state index is -0.302.